The number of hydrogen-bond acceptors (Lipinski definition) is 3. The SMILES string of the molecule is C=C(c1ccc(F)c(C)c1)c1ccccc1N(C#N)S(=O)(=O)c1ccc(C)cc1. The van der Waals surface area contributed by atoms with Crippen molar-refractivity contribution < 1.29 is 12.8 Å². The molecule has 0 atom stereocenters. The molecule has 0 bridgehead atoms. The van der Waals surface area contributed by atoms with Gasteiger partial charge in [-0.1, -0.05) is 48.5 Å². The number of aryl methyl sites for hydroxylation is 2. The maximum absolute atomic E-state index is 13.6. The molecule has 0 radical (unpaired) electrons. The number of sulfonamides is 1. The molecule has 29 heavy (non-hydrogen) atoms. The van der Waals surface area contributed by atoms with Gasteiger partial charge in [-0.15, -0.1) is 0 Å². The summed E-state index contributed by atoms with van der Waals surface area (Å²) in [6.45, 7) is 7.55. The molecule has 0 N–H and O–H groups in total. The molecular formula is C23H19FN2O2S. The van der Waals surface area contributed by atoms with E-state index in [4.69, 9.17) is 0 Å². The highest BCUT2D eigenvalue weighted by molar-refractivity contribution is 7.93. The second-order valence-electron chi connectivity index (χ2n) is 6.64. The summed E-state index contributed by atoms with van der Waals surface area (Å²) in [6, 6.07) is 17.5. The Kier molecular flexibility index (Phi) is 5.53. The van der Waals surface area contributed by atoms with Crippen molar-refractivity contribution in [2.75, 3.05) is 4.31 Å². The van der Waals surface area contributed by atoms with Gasteiger partial charge in [0.1, 0.15) is 5.82 Å². The molecule has 4 nitrogen and oxygen atoms in total. The quantitative estimate of drug-likeness (QED) is 0.433. The zero-order valence-corrected chi connectivity index (χ0v) is 16.9. The third-order valence-electron chi connectivity index (χ3n) is 4.60. The molecule has 0 unspecified atom stereocenters. The van der Waals surface area contributed by atoms with Gasteiger partial charge in [0.25, 0.3) is 10.0 Å². The van der Waals surface area contributed by atoms with Crippen molar-refractivity contribution >= 4 is 21.3 Å². The van der Waals surface area contributed by atoms with E-state index in [2.05, 4.69) is 6.58 Å². The average Bonchev–Trinajstić information content (AvgIpc) is 2.70. The Balaban J connectivity index is 2.11. The van der Waals surface area contributed by atoms with Crippen LogP contribution in [-0.2, 0) is 10.0 Å². The fourth-order valence-corrected chi connectivity index (χ4v) is 4.16. The van der Waals surface area contributed by atoms with Crippen molar-refractivity contribution in [1.29, 1.82) is 5.26 Å². The number of nitrogens with zero attached hydrogens (tertiary/aromatic N) is 2. The topological polar surface area (TPSA) is 61.2 Å². The monoisotopic (exact) mass is 406 g/mol. The molecule has 3 aromatic carbocycles. The largest absolute Gasteiger partial charge is 0.276 e. The summed E-state index contributed by atoms with van der Waals surface area (Å²) < 4.78 is 40.5. The van der Waals surface area contributed by atoms with Crippen LogP contribution in [0.5, 0.6) is 0 Å². The Bertz CT molecular complexity index is 1230. The third kappa shape index (κ3) is 3.91. The number of rotatable bonds is 5. The Morgan fingerprint density at radius 1 is 1.03 bits per heavy atom. The van der Waals surface area contributed by atoms with Gasteiger partial charge in [-0.25, -0.2) is 4.39 Å². The molecule has 0 aliphatic rings. The molecule has 3 rings (SSSR count). The van der Waals surface area contributed by atoms with Crippen LogP contribution < -0.4 is 4.31 Å². The van der Waals surface area contributed by atoms with Gasteiger partial charge in [-0.2, -0.15) is 18.0 Å². The van der Waals surface area contributed by atoms with Crippen LogP contribution in [0.2, 0.25) is 0 Å². The molecule has 0 amide bonds. The summed E-state index contributed by atoms with van der Waals surface area (Å²) in [5.41, 5.74) is 3.14. The van der Waals surface area contributed by atoms with Gasteiger partial charge in [0.05, 0.1) is 10.6 Å². The Morgan fingerprint density at radius 3 is 2.31 bits per heavy atom. The molecule has 0 saturated heterocycles. The van der Waals surface area contributed by atoms with Gasteiger partial charge in [0, 0.05) is 5.56 Å². The zero-order valence-electron chi connectivity index (χ0n) is 16.1. The first-order chi connectivity index (χ1) is 13.8. The second kappa shape index (κ2) is 7.90. The first-order valence-corrected chi connectivity index (χ1v) is 10.3. The number of benzene rings is 3. The first kappa shape index (κ1) is 20.3. The molecule has 3 aromatic rings. The van der Waals surface area contributed by atoms with E-state index in [-0.39, 0.29) is 16.4 Å². The highest BCUT2D eigenvalue weighted by Gasteiger charge is 2.27. The van der Waals surface area contributed by atoms with Gasteiger partial charge < -0.3 is 0 Å². The number of para-hydroxylation sites is 1. The third-order valence-corrected chi connectivity index (χ3v) is 6.23. The lowest BCUT2D eigenvalue weighted by atomic mass is 9.96. The number of hydrogen-bond donors (Lipinski definition) is 0. The van der Waals surface area contributed by atoms with Crippen molar-refractivity contribution in [1.82, 2.24) is 0 Å². The van der Waals surface area contributed by atoms with Crippen molar-refractivity contribution in [2.45, 2.75) is 18.7 Å². The van der Waals surface area contributed by atoms with E-state index in [0.29, 0.717) is 26.6 Å². The smallest absolute Gasteiger partial charge is 0.207 e. The fraction of sp³-hybridized carbons (Fsp3) is 0.0870. The van der Waals surface area contributed by atoms with Crippen LogP contribution in [0.1, 0.15) is 22.3 Å². The van der Waals surface area contributed by atoms with E-state index < -0.39 is 10.0 Å². The van der Waals surface area contributed by atoms with Crippen LogP contribution in [-0.4, -0.2) is 8.42 Å². The first-order valence-electron chi connectivity index (χ1n) is 8.82. The molecule has 0 aliphatic carbocycles. The Morgan fingerprint density at radius 2 is 1.69 bits per heavy atom. The predicted molar refractivity (Wildman–Crippen MR) is 112 cm³/mol. The lowest BCUT2D eigenvalue weighted by Gasteiger charge is -2.20. The second-order valence-corrected chi connectivity index (χ2v) is 8.43. The van der Waals surface area contributed by atoms with Gasteiger partial charge in [0.2, 0.25) is 0 Å². The molecular weight excluding hydrogens is 387 g/mol. The molecule has 0 saturated carbocycles. The van der Waals surface area contributed by atoms with Gasteiger partial charge in [0.15, 0.2) is 6.19 Å². The summed E-state index contributed by atoms with van der Waals surface area (Å²) in [5, 5.41) is 9.71. The minimum absolute atomic E-state index is 0.0164. The van der Waals surface area contributed by atoms with Crippen molar-refractivity contribution in [3.8, 4) is 6.19 Å². The summed E-state index contributed by atoms with van der Waals surface area (Å²) in [4.78, 5) is 0.0164. The molecule has 146 valence electrons. The van der Waals surface area contributed by atoms with E-state index in [1.165, 1.54) is 18.2 Å². The van der Waals surface area contributed by atoms with Gasteiger partial charge in [-0.05, 0) is 60.9 Å². The van der Waals surface area contributed by atoms with Crippen LogP contribution in [0.25, 0.3) is 5.57 Å². The summed E-state index contributed by atoms with van der Waals surface area (Å²) in [5.74, 6) is -0.338. The summed E-state index contributed by atoms with van der Waals surface area (Å²) in [7, 11) is -4.10. The molecule has 0 spiro atoms. The van der Waals surface area contributed by atoms with E-state index >= 15 is 0 Å². The lowest BCUT2D eigenvalue weighted by molar-refractivity contribution is 0.596. The van der Waals surface area contributed by atoms with Crippen molar-refractivity contribution in [3.63, 3.8) is 0 Å². The Hall–Kier alpha value is -3.43. The number of halogens is 1. The molecule has 6 heteroatoms. The van der Waals surface area contributed by atoms with E-state index in [0.717, 1.165) is 5.56 Å². The van der Waals surface area contributed by atoms with E-state index in [1.54, 1.807) is 61.6 Å². The number of anilines is 1. The van der Waals surface area contributed by atoms with Crippen molar-refractivity contribution in [2.24, 2.45) is 0 Å². The molecule has 0 aliphatic heterocycles. The average molecular weight is 406 g/mol. The number of nitriles is 1. The molecule has 0 aromatic heterocycles. The van der Waals surface area contributed by atoms with Crippen LogP contribution in [0.4, 0.5) is 10.1 Å². The molecule has 0 heterocycles. The van der Waals surface area contributed by atoms with Gasteiger partial charge in [-0.3, -0.25) is 0 Å². The zero-order chi connectivity index (χ0) is 21.2. The minimum atomic E-state index is -4.10. The van der Waals surface area contributed by atoms with Crippen LogP contribution in [0.3, 0.4) is 0 Å². The predicted octanol–water partition coefficient (Wildman–Crippen LogP) is 5.18. The normalized spacial score (nSPS) is 11.0. The van der Waals surface area contributed by atoms with Crippen LogP contribution >= 0.6 is 0 Å². The minimum Gasteiger partial charge on any atom is -0.207 e. The maximum Gasteiger partial charge on any atom is 0.276 e. The molecule has 0 fully saturated rings. The lowest BCUT2D eigenvalue weighted by Crippen LogP contribution is -2.27. The highest BCUT2D eigenvalue weighted by atomic mass is 32.2. The van der Waals surface area contributed by atoms with Crippen molar-refractivity contribution in [3.05, 3.63) is 101 Å². The fourth-order valence-electron chi connectivity index (χ4n) is 2.95. The van der Waals surface area contributed by atoms with E-state index in [9.17, 15) is 18.1 Å². The summed E-state index contributed by atoms with van der Waals surface area (Å²) >= 11 is 0. The van der Waals surface area contributed by atoms with Crippen LogP contribution in [0, 0.1) is 31.1 Å². The highest BCUT2D eigenvalue weighted by Crippen LogP contribution is 2.33. The Labute approximate surface area is 170 Å². The van der Waals surface area contributed by atoms with Crippen LogP contribution in [0.15, 0.2) is 78.2 Å². The van der Waals surface area contributed by atoms with Gasteiger partial charge >= 0.3 is 0 Å². The van der Waals surface area contributed by atoms with E-state index in [1.807, 2.05) is 6.92 Å². The maximum atomic E-state index is 13.6. The standard InChI is InChI=1S/C23H19FN2O2S/c1-16-8-11-20(12-9-16)29(27,28)26(15-25)23-7-5-4-6-21(23)18(3)19-10-13-22(24)17(2)14-19/h4-14H,3H2,1-2H3. The summed E-state index contributed by atoms with van der Waals surface area (Å²) in [6.07, 6.45) is 1.78.